The molecule has 1 aliphatic rings. The van der Waals surface area contributed by atoms with Crippen LogP contribution in [-0.4, -0.2) is 19.5 Å². The number of benzene rings is 2. The second-order valence-electron chi connectivity index (χ2n) is 5.85. The summed E-state index contributed by atoms with van der Waals surface area (Å²) in [7, 11) is 1.63. The van der Waals surface area contributed by atoms with Crippen LogP contribution in [0.25, 0.3) is 6.08 Å². The number of allylic oxidation sites excluding steroid dienone is 1. The summed E-state index contributed by atoms with van der Waals surface area (Å²) in [6, 6.07) is 13.7. The fourth-order valence-electron chi connectivity index (χ4n) is 3.11. The van der Waals surface area contributed by atoms with Crippen molar-refractivity contribution in [2.24, 2.45) is 0 Å². The number of aryl methyl sites for hydroxylation is 1. The molecule has 3 heteroatoms. The number of ether oxygens (including phenoxy) is 2. The summed E-state index contributed by atoms with van der Waals surface area (Å²) in [6.45, 7) is 2.51. The molecule has 0 aromatic heterocycles. The summed E-state index contributed by atoms with van der Waals surface area (Å²) < 4.78 is 10.9. The van der Waals surface area contributed by atoms with Crippen LogP contribution in [0.2, 0.25) is 0 Å². The van der Waals surface area contributed by atoms with Gasteiger partial charge in [0.1, 0.15) is 0 Å². The molecule has 0 aliphatic heterocycles. The maximum Gasteiger partial charge on any atom is 0.189 e. The molecule has 3 nitrogen and oxygen atoms in total. The van der Waals surface area contributed by atoms with Crippen molar-refractivity contribution in [3.63, 3.8) is 0 Å². The number of fused-ring (bicyclic) bond motifs is 1. The Kier molecular flexibility index (Phi) is 4.99. The quantitative estimate of drug-likeness (QED) is 0.605. The lowest BCUT2D eigenvalue weighted by Gasteiger charge is -2.10. The minimum absolute atomic E-state index is 0.136. The summed E-state index contributed by atoms with van der Waals surface area (Å²) in [5.74, 6) is 1.55. The number of hydrogen-bond acceptors (Lipinski definition) is 3. The largest absolute Gasteiger partial charge is 0.493 e. The molecule has 1 aliphatic carbocycles. The van der Waals surface area contributed by atoms with Gasteiger partial charge in [0.05, 0.1) is 13.7 Å². The number of hydrogen-bond donors (Lipinski definition) is 0. The number of methoxy groups -OCH3 is 1. The van der Waals surface area contributed by atoms with Gasteiger partial charge in [0.15, 0.2) is 17.3 Å². The lowest BCUT2D eigenvalue weighted by Crippen LogP contribution is -2.03. The van der Waals surface area contributed by atoms with Gasteiger partial charge in [-0.1, -0.05) is 30.3 Å². The Labute approximate surface area is 142 Å². The standard InChI is InChI=1S/C21H22O3/c1-3-24-20-14-15(11-12-19(20)23-2)13-17-9-6-8-16-7-4-5-10-18(16)21(17)22/h4-5,7,10-14H,3,6,8-9H2,1-2H3. The fourth-order valence-corrected chi connectivity index (χ4v) is 3.11. The topological polar surface area (TPSA) is 35.5 Å². The van der Waals surface area contributed by atoms with Gasteiger partial charge in [-0.15, -0.1) is 0 Å². The molecule has 3 rings (SSSR count). The molecule has 0 unspecified atom stereocenters. The zero-order valence-corrected chi connectivity index (χ0v) is 14.2. The Hall–Kier alpha value is -2.55. The summed E-state index contributed by atoms with van der Waals surface area (Å²) in [5, 5.41) is 0. The molecule has 0 atom stereocenters. The first kappa shape index (κ1) is 16.3. The van der Waals surface area contributed by atoms with Gasteiger partial charge in [0.25, 0.3) is 0 Å². The third-order valence-electron chi connectivity index (χ3n) is 4.27. The molecule has 2 aromatic carbocycles. The molecule has 0 saturated carbocycles. The van der Waals surface area contributed by atoms with Crippen LogP contribution in [0.5, 0.6) is 11.5 Å². The van der Waals surface area contributed by atoms with Crippen LogP contribution in [0, 0.1) is 0 Å². The van der Waals surface area contributed by atoms with Gasteiger partial charge in [-0.2, -0.15) is 0 Å². The lowest BCUT2D eigenvalue weighted by molar-refractivity contribution is 0.103. The van der Waals surface area contributed by atoms with E-state index in [1.807, 2.05) is 49.4 Å². The van der Waals surface area contributed by atoms with Crippen molar-refractivity contribution in [3.05, 3.63) is 64.7 Å². The van der Waals surface area contributed by atoms with Gasteiger partial charge in [-0.3, -0.25) is 4.79 Å². The van der Waals surface area contributed by atoms with E-state index in [2.05, 4.69) is 6.07 Å². The normalized spacial score (nSPS) is 15.8. The zero-order chi connectivity index (χ0) is 16.9. The highest BCUT2D eigenvalue weighted by molar-refractivity contribution is 6.12. The number of rotatable bonds is 4. The van der Waals surface area contributed by atoms with Gasteiger partial charge in [-0.05, 0) is 55.5 Å². The van der Waals surface area contributed by atoms with E-state index in [-0.39, 0.29) is 5.78 Å². The molecule has 0 heterocycles. The average molecular weight is 322 g/mol. The first-order valence-corrected chi connectivity index (χ1v) is 8.37. The predicted octanol–water partition coefficient (Wildman–Crippen LogP) is 4.70. The minimum atomic E-state index is 0.136. The second-order valence-corrected chi connectivity index (χ2v) is 5.85. The Morgan fingerprint density at radius 1 is 1.08 bits per heavy atom. The molecule has 0 fully saturated rings. The van der Waals surface area contributed by atoms with E-state index < -0.39 is 0 Å². The third-order valence-corrected chi connectivity index (χ3v) is 4.27. The van der Waals surface area contributed by atoms with E-state index in [4.69, 9.17) is 9.47 Å². The molecule has 0 N–H and O–H groups in total. The predicted molar refractivity (Wildman–Crippen MR) is 95.9 cm³/mol. The minimum Gasteiger partial charge on any atom is -0.493 e. The summed E-state index contributed by atoms with van der Waals surface area (Å²) >= 11 is 0. The molecular formula is C21H22O3. The highest BCUT2D eigenvalue weighted by Crippen LogP contribution is 2.31. The van der Waals surface area contributed by atoms with Crippen LogP contribution in [0.4, 0.5) is 0 Å². The zero-order valence-electron chi connectivity index (χ0n) is 14.2. The number of ketones is 1. The van der Waals surface area contributed by atoms with Crippen LogP contribution in [0.3, 0.4) is 0 Å². The van der Waals surface area contributed by atoms with Crippen molar-refractivity contribution >= 4 is 11.9 Å². The molecule has 0 bridgehead atoms. The van der Waals surface area contributed by atoms with Gasteiger partial charge in [0.2, 0.25) is 0 Å². The first-order valence-electron chi connectivity index (χ1n) is 8.37. The Morgan fingerprint density at radius 3 is 2.71 bits per heavy atom. The smallest absolute Gasteiger partial charge is 0.189 e. The Balaban J connectivity index is 1.96. The van der Waals surface area contributed by atoms with Crippen molar-refractivity contribution in [3.8, 4) is 11.5 Å². The summed E-state index contributed by atoms with van der Waals surface area (Å²) in [5.41, 5.74) is 3.80. The van der Waals surface area contributed by atoms with Gasteiger partial charge < -0.3 is 9.47 Å². The van der Waals surface area contributed by atoms with Crippen LogP contribution in [0.1, 0.15) is 41.3 Å². The van der Waals surface area contributed by atoms with Gasteiger partial charge in [-0.25, -0.2) is 0 Å². The van der Waals surface area contributed by atoms with E-state index in [1.165, 1.54) is 0 Å². The van der Waals surface area contributed by atoms with Crippen LogP contribution in [-0.2, 0) is 6.42 Å². The lowest BCUT2D eigenvalue weighted by atomic mass is 9.98. The van der Waals surface area contributed by atoms with Gasteiger partial charge in [0, 0.05) is 11.1 Å². The molecule has 24 heavy (non-hydrogen) atoms. The molecular weight excluding hydrogens is 300 g/mol. The fraction of sp³-hybridized carbons (Fsp3) is 0.286. The SMILES string of the molecule is CCOc1cc(C=C2CCCc3ccccc3C2=O)ccc1OC. The van der Waals surface area contributed by atoms with E-state index >= 15 is 0 Å². The Bertz CT molecular complexity index is 774. The van der Waals surface area contributed by atoms with Crippen LogP contribution < -0.4 is 9.47 Å². The maximum absolute atomic E-state index is 12.9. The number of carbonyl (C=O) groups excluding carboxylic acids is 1. The van der Waals surface area contributed by atoms with E-state index in [9.17, 15) is 4.79 Å². The van der Waals surface area contributed by atoms with Gasteiger partial charge >= 0.3 is 0 Å². The van der Waals surface area contributed by atoms with E-state index in [1.54, 1.807) is 7.11 Å². The Morgan fingerprint density at radius 2 is 1.92 bits per heavy atom. The molecule has 2 aromatic rings. The third kappa shape index (κ3) is 3.35. The van der Waals surface area contributed by atoms with Crippen LogP contribution >= 0.6 is 0 Å². The highest BCUT2D eigenvalue weighted by atomic mass is 16.5. The van der Waals surface area contributed by atoms with Crippen LogP contribution in [0.15, 0.2) is 48.0 Å². The molecule has 0 spiro atoms. The van der Waals surface area contributed by atoms with Crippen molar-refractivity contribution in [1.82, 2.24) is 0 Å². The summed E-state index contributed by atoms with van der Waals surface area (Å²) in [4.78, 5) is 12.9. The van der Waals surface area contributed by atoms with Crippen molar-refractivity contribution < 1.29 is 14.3 Å². The van der Waals surface area contributed by atoms with Crippen molar-refractivity contribution in [1.29, 1.82) is 0 Å². The number of carbonyl (C=O) groups is 1. The van der Waals surface area contributed by atoms with E-state index in [0.29, 0.717) is 18.1 Å². The van der Waals surface area contributed by atoms with E-state index in [0.717, 1.165) is 41.5 Å². The molecule has 0 radical (unpaired) electrons. The summed E-state index contributed by atoms with van der Waals surface area (Å²) in [6.07, 6.45) is 4.71. The second kappa shape index (κ2) is 7.35. The first-order chi connectivity index (χ1) is 11.7. The maximum atomic E-state index is 12.9. The monoisotopic (exact) mass is 322 g/mol. The van der Waals surface area contributed by atoms with Crippen molar-refractivity contribution in [2.75, 3.05) is 13.7 Å². The molecule has 0 saturated heterocycles. The number of Topliss-reactive ketones (excluding diaryl/α,β-unsaturated/α-hetero) is 1. The molecule has 124 valence electrons. The molecule has 0 amide bonds. The highest BCUT2D eigenvalue weighted by Gasteiger charge is 2.19. The van der Waals surface area contributed by atoms with Crippen molar-refractivity contribution in [2.45, 2.75) is 26.2 Å². The average Bonchev–Trinajstić information content (AvgIpc) is 2.76.